The van der Waals surface area contributed by atoms with Gasteiger partial charge >= 0.3 is 12.0 Å². The van der Waals surface area contributed by atoms with Crippen LogP contribution in [0.15, 0.2) is 30.6 Å². The number of nitro groups is 1. The number of carboxylic acid groups (broad SMARTS) is 1. The topological polar surface area (TPSA) is 107 Å². The van der Waals surface area contributed by atoms with Gasteiger partial charge in [0.05, 0.1) is 4.92 Å². The lowest BCUT2D eigenvalue weighted by atomic mass is 10.2. The van der Waals surface area contributed by atoms with Crippen molar-refractivity contribution in [2.24, 2.45) is 0 Å². The van der Waals surface area contributed by atoms with Gasteiger partial charge in [-0.25, -0.2) is 9.78 Å². The highest BCUT2D eigenvalue weighted by Gasteiger charge is 2.21. The van der Waals surface area contributed by atoms with Crippen LogP contribution >= 0.6 is 0 Å². The molecule has 2 rings (SSSR count). The van der Waals surface area contributed by atoms with E-state index >= 15 is 0 Å². The van der Waals surface area contributed by atoms with Crippen LogP contribution in [0.25, 0.3) is 0 Å². The van der Waals surface area contributed by atoms with Crippen molar-refractivity contribution >= 4 is 11.7 Å². The van der Waals surface area contributed by atoms with Gasteiger partial charge in [0, 0.05) is 31.1 Å². The third kappa shape index (κ3) is 2.58. The molecule has 0 amide bonds. The molecule has 20 heavy (non-hydrogen) atoms. The van der Waals surface area contributed by atoms with Crippen molar-refractivity contribution in [3.8, 4) is 11.8 Å². The number of ether oxygens (including phenoxy) is 1. The number of hydrogen-bond acceptors (Lipinski definition) is 5. The second-order valence-corrected chi connectivity index (χ2v) is 3.84. The Bertz CT molecular complexity index is 665. The minimum atomic E-state index is -1.39. The number of aryl methyl sites for hydroxylation is 1. The van der Waals surface area contributed by atoms with Gasteiger partial charge in [0.2, 0.25) is 0 Å². The Morgan fingerprint density at radius 3 is 2.90 bits per heavy atom. The highest BCUT2D eigenvalue weighted by Crippen LogP contribution is 2.27. The molecule has 104 valence electrons. The van der Waals surface area contributed by atoms with Crippen LogP contribution in [0, 0.1) is 10.1 Å². The quantitative estimate of drug-likeness (QED) is 0.663. The maximum Gasteiger partial charge on any atom is 0.342 e. The lowest BCUT2D eigenvalue weighted by Crippen LogP contribution is -2.03. The van der Waals surface area contributed by atoms with Crippen LogP contribution in [0.1, 0.15) is 17.3 Å². The number of carbonyl (C=O) groups is 1. The molecule has 0 aliphatic heterocycles. The number of carboxylic acids is 1. The van der Waals surface area contributed by atoms with Gasteiger partial charge in [0.1, 0.15) is 11.3 Å². The molecular weight excluding hydrogens is 266 g/mol. The maximum absolute atomic E-state index is 11.0. The van der Waals surface area contributed by atoms with Crippen LogP contribution < -0.4 is 4.74 Å². The first-order chi connectivity index (χ1) is 9.52. The van der Waals surface area contributed by atoms with E-state index in [1.165, 1.54) is 6.07 Å². The smallest absolute Gasteiger partial charge is 0.342 e. The Morgan fingerprint density at radius 1 is 1.55 bits per heavy atom. The van der Waals surface area contributed by atoms with E-state index in [4.69, 9.17) is 9.84 Å². The minimum absolute atomic E-state index is 0.175. The molecule has 0 radical (unpaired) electrons. The molecule has 0 unspecified atom stereocenters. The van der Waals surface area contributed by atoms with Crippen LogP contribution in [0.2, 0.25) is 0 Å². The van der Waals surface area contributed by atoms with Crippen molar-refractivity contribution in [2.45, 2.75) is 13.5 Å². The Labute approximate surface area is 113 Å². The van der Waals surface area contributed by atoms with Gasteiger partial charge in [0.25, 0.3) is 5.69 Å². The first-order valence-electron chi connectivity index (χ1n) is 5.73. The monoisotopic (exact) mass is 277 g/mol. The van der Waals surface area contributed by atoms with Gasteiger partial charge in [-0.2, -0.15) is 0 Å². The molecule has 0 bridgehead atoms. The van der Waals surface area contributed by atoms with Gasteiger partial charge in [-0.05, 0) is 13.0 Å². The van der Waals surface area contributed by atoms with E-state index in [0.29, 0.717) is 6.54 Å². The minimum Gasteiger partial charge on any atom is -0.477 e. The average Bonchev–Trinajstić information content (AvgIpc) is 2.85. The van der Waals surface area contributed by atoms with E-state index in [1.807, 2.05) is 6.92 Å². The summed E-state index contributed by atoms with van der Waals surface area (Å²) in [6.45, 7) is 2.53. The number of nitro benzene ring substituents is 1. The maximum atomic E-state index is 11.0. The molecule has 0 fully saturated rings. The van der Waals surface area contributed by atoms with E-state index in [0.717, 1.165) is 12.1 Å². The number of rotatable bonds is 5. The Morgan fingerprint density at radius 2 is 2.30 bits per heavy atom. The Balaban J connectivity index is 2.37. The summed E-state index contributed by atoms with van der Waals surface area (Å²) in [5.74, 6) is -1.21. The SMILES string of the molecule is CCn1ccnc1Oc1ccc([N+](=O)[O-])c(C(=O)O)c1. The van der Waals surface area contributed by atoms with E-state index in [1.54, 1.807) is 17.0 Å². The zero-order chi connectivity index (χ0) is 14.7. The molecule has 1 heterocycles. The van der Waals surface area contributed by atoms with Crippen molar-refractivity contribution in [3.05, 3.63) is 46.3 Å². The number of benzene rings is 1. The van der Waals surface area contributed by atoms with E-state index in [-0.39, 0.29) is 11.8 Å². The van der Waals surface area contributed by atoms with E-state index < -0.39 is 22.1 Å². The number of hydrogen-bond donors (Lipinski definition) is 1. The summed E-state index contributed by atoms with van der Waals surface area (Å²) in [7, 11) is 0. The molecule has 1 aromatic carbocycles. The fourth-order valence-electron chi connectivity index (χ4n) is 1.66. The number of nitrogens with zero attached hydrogens (tertiary/aromatic N) is 3. The molecule has 0 aliphatic carbocycles. The lowest BCUT2D eigenvalue weighted by molar-refractivity contribution is -0.385. The molecule has 8 nitrogen and oxygen atoms in total. The fraction of sp³-hybridized carbons (Fsp3) is 0.167. The zero-order valence-electron chi connectivity index (χ0n) is 10.5. The van der Waals surface area contributed by atoms with Crippen LogP contribution in [0.4, 0.5) is 5.69 Å². The predicted octanol–water partition coefficient (Wildman–Crippen LogP) is 2.30. The van der Waals surface area contributed by atoms with Crippen molar-refractivity contribution in [1.29, 1.82) is 0 Å². The summed E-state index contributed by atoms with van der Waals surface area (Å²) in [6.07, 6.45) is 3.25. The third-order valence-corrected chi connectivity index (χ3v) is 2.62. The van der Waals surface area contributed by atoms with Crippen LogP contribution in [-0.4, -0.2) is 25.6 Å². The summed E-state index contributed by atoms with van der Waals surface area (Å²) in [4.78, 5) is 25.0. The molecule has 0 saturated carbocycles. The average molecular weight is 277 g/mol. The fourth-order valence-corrected chi connectivity index (χ4v) is 1.66. The highest BCUT2D eigenvalue weighted by atomic mass is 16.6. The van der Waals surface area contributed by atoms with Crippen LogP contribution in [-0.2, 0) is 6.54 Å². The lowest BCUT2D eigenvalue weighted by Gasteiger charge is -2.07. The van der Waals surface area contributed by atoms with Gasteiger partial charge in [0.15, 0.2) is 0 Å². The molecule has 0 spiro atoms. The van der Waals surface area contributed by atoms with Gasteiger partial charge < -0.3 is 14.4 Å². The number of aromatic carboxylic acids is 1. The summed E-state index contributed by atoms with van der Waals surface area (Å²) in [5, 5.41) is 19.7. The molecule has 1 N–H and O–H groups in total. The summed E-state index contributed by atoms with van der Waals surface area (Å²) in [6, 6.07) is 3.82. The largest absolute Gasteiger partial charge is 0.477 e. The van der Waals surface area contributed by atoms with Crippen molar-refractivity contribution < 1.29 is 19.6 Å². The van der Waals surface area contributed by atoms with E-state index in [9.17, 15) is 14.9 Å². The molecule has 8 heteroatoms. The van der Waals surface area contributed by atoms with Crippen molar-refractivity contribution in [1.82, 2.24) is 9.55 Å². The van der Waals surface area contributed by atoms with Crippen molar-refractivity contribution in [2.75, 3.05) is 0 Å². The van der Waals surface area contributed by atoms with Gasteiger partial charge in [-0.15, -0.1) is 0 Å². The normalized spacial score (nSPS) is 10.2. The molecule has 0 saturated heterocycles. The standard InChI is InChI=1S/C12H11N3O5/c1-2-14-6-5-13-12(14)20-8-3-4-10(15(18)19)9(7-8)11(16)17/h3-7H,2H2,1H3,(H,16,17). The molecule has 2 aromatic rings. The second-order valence-electron chi connectivity index (χ2n) is 3.84. The third-order valence-electron chi connectivity index (χ3n) is 2.62. The van der Waals surface area contributed by atoms with Crippen LogP contribution in [0.5, 0.6) is 11.8 Å². The summed E-state index contributed by atoms with van der Waals surface area (Å²) in [5.41, 5.74) is -0.911. The Kier molecular flexibility index (Phi) is 3.65. The second kappa shape index (κ2) is 5.39. The van der Waals surface area contributed by atoms with E-state index in [2.05, 4.69) is 4.98 Å². The number of aromatic nitrogens is 2. The summed E-state index contributed by atoms with van der Waals surface area (Å²) >= 11 is 0. The van der Waals surface area contributed by atoms with Crippen molar-refractivity contribution in [3.63, 3.8) is 0 Å². The molecular formula is C12H11N3O5. The van der Waals surface area contributed by atoms with Gasteiger partial charge in [-0.3, -0.25) is 10.1 Å². The predicted molar refractivity (Wildman–Crippen MR) is 68.0 cm³/mol. The zero-order valence-corrected chi connectivity index (χ0v) is 10.5. The van der Waals surface area contributed by atoms with Gasteiger partial charge in [-0.1, -0.05) is 0 Å². The first-order valence-corrected chi connectivity index (χ1v) is 5.73. The highest BCUT2D eigenvalue weighted by molar-refractivity contribution is 5.92. The molecule has 1 aromatic heterocycles. The summed E-state index contributed by atoms with van der Waals surface area (Å²) < 4.78 is 7.14. The van der Waals surface area contributed by atoms with Crippen LogP contribution in [0.3, 0.4) is 0 Å². The Hall–Kier alpha value is -2.90. The first kappa shape index (κ1) is 13.5. The molecule has 0 aliphatic rings. The number of imidazole rings is 1. The molecule has 0 atom stereocenters.